The van der Waals surface area contributed by atoms with Crippen molar-refractivity contribution in [2.75, 3.05) is 18.4 Å². The van der Waals surface area contributed by atoms with Gasteiger partial charge in [-0.05, 0) is 55.3 Å². The molecule has 3 rings (SSSR count). The summed E-state index contributed by atoms with van der Waals surface area (Å²) in [7, 11) is 0. The summed E-state index contributed by atoms with van der Waals surface area (Å²) in [6.45, 7) is 0.612. The lowest BCUT2D eigenvalue weighted by atomic mass is 9.96. The summed E-state index contributed by atoms with van der Waals surface area (Å²) in [6.07, 6.45) is -3.80. The Balaban J connectivity index is 1.68. The van der Waals surface area contributed by atoms with E-state index in [-0.39, 0.29) is 18.1 Å². The van der Waals surface area contributed by atoms with E-state index >= 15 is 0 Å². The molecule has 0 spiro atoms. The molecule has 0 aromatic heterocycles. The minimum absolute atomic E-state index is 0.139. The summed E-state index contributed by atoms with van der Waals surface area (Å²) in [6, 6.07) is 8.66. The summed E-state index contributed by atoms with van der Waals surface area (Å²) in [5.41, 5.74) is -1.16. The second kappa shape index (κ2) is 8.41. The van der Waals surface area contributed by atoms with Gasteiger partial charge in [0.05, 0.1) is 11.5 Å². The Morgan fingerprint density at radius 3 is 2.45 bits per heavy atom. The Hall–Kier alpha value is -2.61. The molecule has 0 bridgehead atoms. The van der Waals surface area contributed by atoms with Crippen LogP contribution < -0.4 is 5.32 Å². The smallest absolute Gasteiger partial charge is 0.338 e. The molecule has 1 aliphatic heterocycles. The van der Waals surface area contributed by atoms with Gasteiger partial charge in [-0.15, -0.1) is 0 Å². The summed E-state index contributed by atoms with van der Waals surface area (Å²) < 4.78 is 51.9. The number of carbonyl (C=O) groups excluding carboxylic acids is 2. The van der Waals surface area contributed by atoms with E-state index in [0.29, 0.717) is 42.1 Å². The fourth-order valence-electron chi connectivity index (χ4n) is 3.22. The molecular formula is C20H17ClF4N2O2. The molecule has 1 atom stereocenters. The molecule has 9 heteroatoms. The first-order chi connectivity index (χ1) is 13.6. The quantitative estimate of drug-likeness (QED) is 0.700. The van der Waals surface area contributed by atoms with Crippen LogP contribution in [-0.2, 0) is 11.0 Å². The van der Waals surface area contributed by atoms with Crippen LogP contribution in [0.15, 0.2) is 42.5 Å². The molecule has 0 aliphatic carbocycles. The van der Waals surface area contributed by atoms with Gasteiger partial charge in [0, 0.05) is 29.4 Å². The number of carbonyl (C=O) groups is 2. The molecular weight excluding hydrogens is 412 g/mol. The van der Waals surface area contributed by atoms with Gasteiger partial charge in [-0.1, -0.05) is 11.6 Å². The van der Waals surface area contributed by atoms with Crippen LogP contribution in [0.5, 0.6) is 0 Å². The summed E-state index contributed by atoms with van der Waals surface area (Å²) in [5, 5.41) is 2.89. The van der Waals surface area contributed by atoms with Gasteiger partial charge in [-0.2, -0.15) is 13.2 Å². The van der Waals surface area contributed by atoms with Gasteiger partial charge in [0.25, 0.3) is 5.91 Å². The minimum atomic E-state index is -4.86. The van der Waals surface area contributed by atoms with Crippen molar-refractivity contribution in [1.29, 1.82) is 0 Å². The lowest BCUT2D eigenvalue weighted by Crippen LogP contribution is -2.43. The van der Waals surface area contributed by atoms with Crippen LogP contribution in [0.2, 0.25) is 5.02 Å². The largest absolute Gasteiger partial charge is 0.419 e. The van der Waals surface area contributed by atoms with Gasteiger partial charge >= 0.3 is 6.18 Å². The first kappa shape index (κ1) is 21.1. The number of rotatable bonds is 3. The van der Waals surface area contributed by atoms with Gasteiger partial charge in [0.2, 0.25) is 5.91 Å². The zero-order chi connectivity index (χ0) is 21.2. The number of alkyl halides is 3. The van der Waals surface area contributed by atoms with Crippen LogP contribution in [0.4, 0.5) is 23.2 Å². The van der Waals surface area contributed by atoms with Crippen molar-refractivity contribution in [2.45, 2.75) is 19.0 Å². The van der Waals surface area contributed by atoms with Crippen molar-refractivity contribution in [2.24, 2.45) is 5.92 Å². The van der Waals surface area contributed by atoms with Crippen molar-refractivity contribution >= 4 is 29.1 Å². The number of benzene rings is 2. The van der Waals surface area contributed by atoms with Crippen molar-refractivity contribution in [3.8, 4) is 0 Å². The summed E-state index contributed by atoms with van der Waals surface area (Å²) >= 11 is 5.82. The lowest BCUT2D eigenvalue weighted by molar-refractivity contribution is -0.140. The number of piperidine rings is 1. The number of likely N-dealkylation sites (tertiary alicyclic amines) is 1. The van der Waals surface area contributed by atoms with E-state index in [1.165, 1.54) is 4.90 Å². The number of nitrogens with zero attached hydrogens (tertiary/aromatic N) is 1. The predicted molar refractivity (Wildman–Crippen MR) is 100 cm³/mol. The molecule has 1 saturated heterocycles. The molecule has 29 heavy (non-hydrogen) atoms. The van der Waals surface area contributed by atoms with E-state index in [0.717, 1.165) is 6.07 Å². The Morgan fingerprint density at radius 2 is 1.79 bits per heavy atom. The van der Waals surface area contributed by atoms with Crippen LogP contribution >= 0.6 is 11.6 Å². The van der Waals surface area contributed by atoms with E-state index in [1.807, 2.05) is 0 Å². The van der Waals surface area contributed by atoms with Crippen molar-refractivity contribution in [1.82, 2.24) is 4.90 Å². The second-order valence-electron chi connectivity index (χ2n) is 6.78. The predicted octanol–water partition coefficient (Wildman–Crippen LogP) is 4.99. The molecule has 2 aromatic rings. The minimum Gasteiger partial charge on any atom is -0.338 e. The van der Waals surface area contributed by atoms with Gasteiger partial charge in [-0.3, -0.25) is 9.59 Å². The van der Waals surface area contributed by atoms with Crippen LogP contribution in [0.3, 0.4) is 0 Å². The molecule has 1 heterocycles. The average Bonchev–Trinajstić information content (AvgIpc) is 2.68. The van der Waals surface area contributed by atoms with E-state index in [4.69, 9.17) is 11.6 Å². The maximum Gasteiger partial charge on any atom is 0.419 e. The maximum atomic E-state index is 13.4. The Morgan fingerprint density at radius 1 is 1.10 bits per heavy atom. The van der Waals surface area contributed by atoms with Crippen molar-refractivity contribution < 1.29 is 27.2 Å². The number of hydrogen-bond acceptors (Lipinski definition) is 2. The number of anilines is 1. The fourth-order valence-corrected chi connectivity index (χ4v) is 3.34. The standard InChI is InChI=1S/C20H17ClF4N2O2/c21-14-5-3-12(4-6-14)19(29)27-9-1-2-13(11-27)18(28)26-15-7-8-17(22)16(10-15)20(23,24)25/h3-8,10,13H,1-2,9,11H2,(H,26,28). The molecule has 4 nitrogen and oxygen atoms in total. The van der Waals surface area contributed by atoms with Gasteiger partial charge < -0.3 is 10.2 Å². The monoisotopic (exact) mass is 428 g/mol. The molecule has 1 fully saturated rings. The third kappa shape index (κ3) is 5.06. The van der Waals surface area contributed by atoms with E-state index in [9.17, 15) is 27.2 Å². The number of amides is 2. The SMILES string of the molecule is O=C(Nc1ccc(F)c(C(F)(F)F)c1)C1CCCN(C(=O)c2ccc(Cl)cc2)C1. The lowest BCUT2D eigenvalue weighted by Gasteiger charge is -2.32. The normalized spacial score (nSPS) is 17.1. The van der Waals surface area contributed by atoms with Crippen LogP contribution in [0.25, 0.3) is 0 Å². The zero-order valence-corrected chi connectivity index (χ0v) is 15.9. The van der Waals surface area contributed by atoms with E-state index in [2.05, 4.69) is 5.32 Å². The van der Waals surface area contributed by atoms with Gasteiger partial charge in [0.15, 0.2) is 0 Å². The molecule has 1 N–H and O–H groups in total. The van der Waals surface area contributed by atoms with Gasteiger partial charge in [0.1, 0.15) is 5.82 Å². The molecule has 0 radical (unpaired) electrons. The zero-order valence-electron chi connectivity index (χ0n) is 15.1. The van der Waals surface area contributed by atoms with Crippen LogP contribution in [0.1, 0.15) is 28.8 Å². The number of hydrogen-bond donors (Lipinski definition) is 1. The van der Waals surface area contributed by atoms with Crippen LogP contribution in [-0.4, -0.2) is 29.8 Å². The Labute approximate surface area is 169 Å². The van der Waals surface area contributed by atoms with Crippen LogP contribution in [0, 0.1) is 11.7 Å². The highest BCUT2D eigenvalue weighted by Gasteiger charge is 2.35. The average molecular weight is 429 g/mol. The summed E-state index contributed by atoms with van der Waals surface area (Å²) in [4.78, 5) is 26.7. The molecule has 2 amide bonds. The molecule has 2 aromatic carbocycles. The molecule has 0 saturated carbocycles. The highest BCUT2D eigenvalue weighted by molar-refractivity contribution is 6.30. The molecule has 1 aliphatic rings. The third-order valence-corrected chi connectivity index (χ3v) is 4.96. The van der Waals surface area contributed by atoms with E-state index in [1.54, 1.807) is 24.3 Å². The van der Waals surface area contributed by atoms with Gasteiger partial charge in [-0.25, -0.2) is 4.39 Å². The van der Waals surface area contributed by atoms with E-state index < -0.39 is 29.4 Å². The third-order valence-electron chi connectivity index (χ3n) is 4.71. The second-order valence-corrected chi connectivity index (χ2v) is 7.22. The first-order valence-corrected chi connectivity index (χ1v) is 9.25. The molecule has 1 unspecified atom stereocenters. The highest BCUT2D eigenvalue weighted by Crippen LogP contribution is 2.33. The Kier molecular flexibility index (Phi) is 6.12. The van der Waals surface area contributed by atoms with Crippen molar-refractivity contribution in [3.63, 3.8) is 0 Å². The first-order valence-electron chi connectivity index (χ1n) is 8.87. The number of nitrogens with one attached hydrogen (secondary N) is 1. The summed E-state index contributed by atoms with van der Waals surface area (Å²) in [5.74, 6) is -2.76. The molecule has 154 valence electrons. The topological polar surface area (TPSA) is 49.4 Å². The Bertz CT molecular complexity index is 916. The highest BCUT2D eigenvalue weighted by atomic mass is 35.5. The van der Waals surface area contributed by atoms with Crippen molar-refractivity contribution in [3.05, 3.63) is 64.4 Å². The fraction of sp³-hybridized carbons (Fsp3) is 0.300. The maximum absolute atomic E-state index is 13.4. The number of halogens is 5.